The first-order valence-electron chi connectivity index (χ1n) is 7.48. The van der Waals surface area contributed by atoms with Gasteiger partial charge in [-0.15, -0.1) is 0 Å². The predicted octanol–water partition coefficient (Wildman–Crippen LogP) is 2.04. The smallest absolute Gasteiger partial charge is 0.251 e. The molecular formula is C17H22N2O3. The van der Waals surface area contributed by atoms with Gasteiger partial charge >= 0.3 is 0 Å². The molecule has 2 amide bonds. The van der Waals surface area contributed by atoms with E-state index in [-0.39, 0.29) is 17.9 Å². The summed E-state index contributed by atoms with van der Waals surface area (Å²) in [6.07, 6.45) is 3.11. The van der Waals surface area contributed by atoms with Gasteiger partial charge in [0.15, 0.2) is 0 Å². The molecule has 0 aliphatic carbocycles. The molecule has 2 N–H and O–H groups in total. The number of benzene rings is 1. The van der Waals surface area contributed by atoms with Crippen molar-refractivity contribution in [1.29, 1.82) is 0 Å². The van der Waals surface area contributed by atoms with Crippen LogP contribution in [0, 0.1) is 0 Å². The van der Waals surface area contributed by atoms with Crippen LogP contribution < -0.4 is 15.4 Å². The Morgan fingerprint density at radius 3 is 2.95 bits per heavy atom. The van der Waals surface area contributed by atoms with E-state index in [0.29, 0.717) is 37.3 Å². The van der Waals surface area contributed by atoms with Gasteiger partial charge in [-0.3, -0.25) is 9.59 Å². The van der Waals surface area contributed by atoms with Crippen LogP contribution in [-0.2, 0) is 4.79 Å². The van der Waals surface area contributed by atoms with Crippen molar-refractivity contribution in [3.63, 3.8) is 0 Å². The SMILES string of the molecule is CC(C)=CCOc1cccc(C(=O)N[C@@H]2CCC(=O)NC2)c1. The van der Waals surface area contributed by atoms with Gasteiger partial charge in [-0.1, -0.05) is 11.6 Å². The first kappa shape index (κ1) is 16.1. The molecule has 1 aromatic carbocycles. The van der Waals surface area contributed by atoms with E-state index in [2.05, 4.69) is 10.6 Å². The van der Waals surface area contributed by atoms with E-state index in [4.69, 9.17) is 4.74 Å². The van der Waals surface area contributed by atoms with Crippen molar-refractivity contribution in [3.05, 3.63) is 41.5 Å². The van der Waals surface area contributed by atoms with E-state index in [9.17, 15) is 9.59 Å². The number of carbonyl (C=O) groups excluding carboxylic acids is 2. The van der Waals surface area contributed by atoms with Crippen LogP contribution in [0.25, 0.3) is 0 Å². The van der Waals surface area contributed by atoms with Gasteiger partial charge in [0, 0.05) is 24.6 Å². The highest BCUT2D eigenvalue weighted by molar-refractivity contribution is 5.94. The molecule has 0 saturated carbocycles. The molecule has 1 heterocycles. The Morgan fingerprint density at radius 2 is 2.27 bits per heavy atom. The lowest BCUT2D eigenvalue weighted by Gasteiger charge is -2.23. The largest absolute Gasteiger partial charge is 0.490 e. The molecule has 1 fully saturated rings. The Kier molecular flexibility index (Phi) is 5.58. The van der Waals surface area contributed by atoms with Crippen molar-refractivity contribution in [3.8, 4) is 5.75 Å². The molecule has 1 aliphatic rings. The lowest BCUT2D eigenvalue weighted by atomic mass is 10.1. The Balaban J connectivity index is 1.92. The second-order valence-electron chi connectivity index (χ2n) is 5.63. The van der Waals surface area contributed by atoms with Crippen LogP contribution >= 0.6 is 0 Å². The third-order valence-corrected chi connectivity index (χ3v) is 3.44. The van der Waals surface area contributed by atoms with E-state index in [0.717, 1.165) is 0 Å². The Bertz CT molecular complexity index is 567. The average molecular weight is 302 g/mol. The van der Waals surface area contributed by atoms with E-state index >= 15 is 0 Å². The normalized spacial score (nSPS) is 17.4. The summed E-state index contributed by atoms with van der Waals surface area (Å²) >= 11 is 0. The summed E-state index contributed by atoms with van der Waals surface area (Å²) in [6, 6.07) is 7.10. The van der Waals surface area contributed by atoms with Crippen LogP contribution in [0.4, 0.5) is 0 Å². The highest BCUT2D eigenvalue weighted by Crippen LogP contribution is 2.14. The molecule has 0 unspecified atom stereocenters. The number of hydrogen-bond acceptors (Lipinski definition) is 3. The minimum Gasteiger partial charge on any atom is -0.490 e. The predicted molar refractivity (Wildman–Crippen MR) is 84.9 cm³/mol. The average Bonchev–Trinajstić information content (AvgIpc) is 2.49. The molecule has 5 heteroatoms. The fourth-order valence-corrected chi connectivity index (χ4v) is 2.16. The maximum absolute atomic E-state index is 12.2. The first-order valence-corrected chi connectivity index (χ1v) is 7.48. The van der Waals surface area contributed by atoms with Crippen LogP contribution in [-0.4, -0.2) is 31.0 Å². The lowest BCUT2D eigenvalue weighted by Crippen LogP contribution is -2.47. The molecule has 0 spiro atoms. The first-order chi connectivity index (χ1) is 10.5. The summed E-state index contributed by atoms with van der Waals surface area (Å²) in [4.78, 5) is 23.3. The Labute approximate surface area is 130 Å². The van der Waals surface area contributed by atoms with Gasteiger partial charge < -0.3 is 15.4 Å². The third-order valence-electron chi connectivity index (χ3n) is 3.44. The number of carbonyl (C=O) groups is 2. The second kappa shape index (κ2) is 7.64. The van der Waals surface area contributed by atoms with Crippen LogP contribution in [0.2, 0.25) is 0 Å². The minimum atomic E-state index is -0.145. The molecule has 1 saturated heterocycles. The van der Waals surface area contributed by atoms with Crippen molar-refractivity contribution >= 4 is 11.8 Å². The highest BCUT2D eigenvalue weighted by atomic mass is 16.5. The van der Waals surface area contributed by atoms with Crippen LogP contribution in [0.5, 0.6) is 5.75 Å². The topological polar surface area (TPSA) is 67.4 Å². The molecular weight excluding hydrogens is 280 g/mol. The maximum atomic E-state index is 12.2. The number of piperidine rings is 1. The fourth-order valence-electron chi connectivity index (χ4n) is 2.16. The molecule has 0 radical (unpaired) electrons. The van der Waals surface area contributed by atoms with Gasteiger partial charge in [0.2, 0.25) is 5.91 Å². The third kappa shape index (κ3) is 4.91. The quantitative estimate of drug-likeness (QED) is 0.818. The second-order valence-corrected chi connectivity index (χ2v) is 5.63. The number of ether oxygens (including phenoxy) is 1. The van der Waals surface area contributed by atoms with Gasteiger partial charge in [0.25, 0.3) is 5.91 Å². The summed E-state index contributed by atoms with van der Waals surface area (Å²) in [5.74, 6) is 0.566. The molecule has 1 atom stereocenters. The monoisotopic (exact) mass is 302 g/mol. The molecule has 22 heavy (non-hydrogen) atoms. The lowest BCUT2D eigenvalue weighted by molar-refractivity contribution is -0.122. The van der Waals surface area contributed by atoms with Crippen LogP contribution in [0.15, 0.2) is 35.9 Å². The van der Waals surface area contributed by atoms with Crippen molar-refractivity contribution in [1.82, 2.24) is 10.6 Å². The van der Waals surface area contributed by atoms with Crippen molar-refractivity contribution in [2.75, 3.05) is 13.2 Å². The molecule has 2 rings (SSSR count). The van der Waals surface area contributed by atoms with Crippen molar-refractivity contribution in [2.24, 2.45) is 0 Å². The molecule has 5 nitrogen and oxygen atoms in total. The molecule has 118 valence electrons. The molecule has 0 aromatic heterocycles. The zero-order valence-electron chi connectivity index (χ0n) is 13.0. The zero-order chi connectivity index (χ0) is 15.9. The van der Waals surface area contributed by atoms with Crippen molar-refractivity contribution < 1.29 is 14.3 Å². The van der Waals surface area contributed by atoms with Gasteiger partial charge in [-0.25, -0.2) is 0 Å². The Hall–Kier alpha value is -2.30. The standard InChI is InChI=1S/C17H22N2O3/c1-12(2)8-9-22-15-5-3-4-13(10-15)17(21)19-14-6-7-16(20)18-11-14/h3-5,8,10,14H,6-7,9,11H2,1-2H3,(H,18,20)(H,19,21)/t14-/m1/s1. The fraction of sp³-hybridized carbons (Fsp3) is 0.412. The minimum absolute atomic E-state index is 0.0135. The Morgan fingerprint density at radius 1 is 1.45 bits per heavy atom. The number of rotatable bonds is 5. The molecule has 1 aliphatic heterocycles. The molecule has 1 aromatic rings. The summed E-state index contributed by atoms with van der Waals surface area (Å²) in [5.41, 5.74) is 1.75. The van der Waals surface area contributed by atoms with E-state index in [1.54, 1.807) is 18.2 Å². The van der Waals surface area contributed by atoms with Crippen LogP contribution in [0.1, 0.15) is 37.0 Å². The van der Waals surface area contributed by atoms with E-state index in [1.165, 1.54) is 5.57 Å². The van der Waals surface area contributed by atoms with E-state index < -0.39 is 0 Å². The van der Waals surface area contributed by atoms with Gasteiger partial charge in [0.1, 0.15) is 12.4 Å². The summed E-state index contributed by atoms with van der Waals surface area (Å²) in [5, 5.41) is 5.69. The van der Waals surface area contributed by atoms with Gasteiger partial charge in [-0.05, 0) is 44.5 Å². The van der Waals surface area contributed by atoms with E-state index in [1.807, 2.05) is 26.0 Å². The molecule has 0 bridgehead atoms. The van der Waals surface area contributed by atoms with Crippen LogP contribution in [0.3, 0.4) is 0 Å². The number of nitrogens with one attached hydrogen (secondary N) is 2. The van der Waals surface area contributed by atoms with Gasteiger partial charge in [-0.2, -0.15) is 0 Å². The number of hydrogen-bond donors (Lipinski definition) is 2. The summed E-state index contributed by atoms with van der Waals surface area (Å²) in [7, 11) is 0. The maximum Gasteiger partial charge on any atom is 0.251 e. The van der Waals surface area contributed by atoms with Gasteiger partial charge in [0.05, 0.1) is 0 Å². The highest BCUT2D eigenvalue weighted by Gasteiger charge is 2.20. The zero-order valence-corrected chi connectivity index (χ0v) is 13.0. The summed E-state index contributed by atoms with van der Waals surface area (Å²) in [6.45, 7) is 5.00. The number of allylic oxidation sites excluding steroid dienone is 1. The number of amides is 2. The van der Waals surface area contributed by atoms with Crippen molar-refractivity contribution in [2.45, 2.75) is 32.7 Å². The summed E-state index contributed by atoms with van der Waals surface area (Å²) < 4.78 is 5.60.